The summed E-state index contributed by atoms with van der Waals surface area (Å²) >= 11 is 0. The third-order valence-electron chi connectivity index (χ3n) is 3.75. The fraction of sp³-hybridized carbons (Fsp3) is 0.647. The molecule has 1 aromatic heterocycles. The SMILES string of the molecule is CCn1cncc1CNCC1=CCN(C(=O)OC(C)(C)C)CC1. The van der Waals surface area contributed by atoms with Crippen LogP contribution >= 0.6 is 0 Å². The maximum absolute atomic E-state index is 12.0. The smallest absolute Gasteiger partial charge is 0.410 e. The van der Waals surface area contributed by atoms with Gasteiger partial charge >= 0.3 is 6.09 Å². The number of nitrogens with one attached hydrogen (secondary N) is 1. The molecule has 0 spiro atoms. The Morgan fingerprint density at radius 2 is 2.17 bits per heavy atom. The molecule has 0 bridgehead atoms. The highest BCUT2D eigenvalue weighted by atomic mass is 16.6. The van der Waals surface area contributed by atoms with Gasteiger partial charge in [-0.05, 0) is 34.1 Å². The van der Waals surface area contributed by atoms with Gasteiger partial charge in [0.2, 0.25) is 0 Å². The lowest BCUT2D eigenvalue weighted by atomic mass is 10.1. The van der Waals surface area contributed by atoms with Crippen LogP contribution in [0.2, 0.25) is 0 Å². The third kappa shape index (κ3) is 5.39. The highest BCUT2D eigenvalue weighted by Crippen LogP contribution is 2.15. The number of amides is 1. The van der Waals surface area contributed by atoms with Gasteiger partial charge in [0, 0.05) is 38.9 Å². The van der Waals surface area contributed by atoms with E-state index < -0.39 is 5.60 Å². The molecule has 1 aliphatic heterocycles. The van der Waals surface area contributed by atoms with Crippen LogP contribution in [0.3, 0.4) is 0 Å². The summed E-state index contributed by atoms with van der Waals surface area (Å²) in [6, 6.07) is 0. The van der Waals surface area contributed by atoms with Crippen LogP contribution in [0.1, 0.15) is 39.8 Å². The first-order valence-corrected chi connectivity index (χ1v) is 8.24. The van der Waals surface area contributed by atoms with Gasteiger partial charge in [-0.2, -0.15) is 0 Å². The topological polar surface area (TPSA) is 59.4 Å². The van der Waals surface area contributed by atoms with Crippen LogP contribution in [0.5, 0.6) is 0 Å². The van der Waals surface area contributed by atoms with Gasteiger partial charge in [-0.25, -0.2) is 9.78 Å². The van der Waals surface area contributed by atoms with Crippen molar-refractivity contribution < 1.29 is 9.53 Å². The molecule has 0 fully saturated rings. The Morgan fingerprint density at radius 1 is 1.39 bits per heavy atom. The number of imidazole rings is 1. The zero-order chi connectivity index (χ0) is 16.9. The van der Waals surface area contributed by atoms with Gasteiger partial charge in [-0.15, -0.1) is 0 Å². The van der Waals surface area contributed by atoms with Crippen molar-refractivity contribution in [1.82, 2.24) is 19.8 Å². The number of aromatic nitrogens is 2. The minimum Gasteiger partial charge on any atom is -0.444 e. The second-order valence-corrected chi connectivity index (χ2v) is 6.81. The largest absolute Gasteiger partial charge is 0.444 e. The zero-order valence-corrected chi connectivity index (χ0v) is 14.6. The lowest BCUT2D eigenvalue weighted by Crippen LogP contribution is -2.39. The molecule has 1 aromatic rings. The Bertz CT molecular complexity index is 557. The average Bonchev–Trinajstić information content (AvgIpc) is 2.93. The molecule has 0 saturated heterocycles. The maximum atomic E-state index is 12.0. The molecule has 1 N–H and O–H groups in total. The van der Waals surface area contributed by atoms with Crippen molar-refractivity contribution in [3.8, 4) is 0 Å². The van der Waals surface area contributed by atoms with Crippen LogP contribution < -0.4 is 5.32 Å². The quantitative estimate of drug-likeness (QED) is 0.847. The fourth-order valence-electron chi connectivity index (χ4n) is 2.50. The second kappa shape index (κ2) is 7.64. The van der Waals surface area contributed by atoms with E-state index in [2.05, 4.69) is 27.9 Å². The minimum atomic E-state index is -0.440. The highest BCUT2D eigenvalue weighted by Gasteiger charge is 2.23. The summed E-state index contributed by atoms with van der Waals surface area (Å²) in [5.74, 6) is 0. The number of ether oxygens (including phenoxy) is 1. The molecule has 0 radical (unpaired) electrons. The molecular formula is C17H28N4O2. The van der Waals surface area contributed by atoms with Crippen molar-refractivity contribution in [3.63, 3.8) is 0 Å². The highest BCUT2D eigenvalue weighted by molar-refractivity contribution is 5.68. The van der Waals surface area contributed by atoms with Crippen LogP contribution in [-0.4, -0.2) is 45.8 Å². The van der Waals surface area contributed by atoms with Gasteiger partial charge in [0.1, 0.15) is 5.60 Å². The molecule has 2 rings (SSSR count). The van der Waals surface area contributed by atoms with Crippen LogP contribution in [-0.2, 0) is 17.8 Å². The van der Waals surface area contributed by atoms with E-state index in [1.807, 2.05) is 33.3 Å². The van der Waals surface area contributed by atoms with E-state index in [1.54, 1.807) is 4.90 Å². The Kier molecular flexibility index (Phi) is 5.82. The molecule has 0 atom stereocenters. The number of hydrogen-bond donors (Lipinski definition) is 1. The summed E-state index contributed by atoms with van der Waals surface area (Å²) in [5, 5.41) is 3.45. The molecule has 0 aromatic carbocycles. The molecule has 0 aliphatic carbocycles. The maximum Gasteiger partial charge on any atom is 0.410 e. The number of hydrogen-bond acceptors (Lipinski definition) is 4. The van der Waals surface area contributed by atoms with E-state index in [0.29, 0.717) is 6.54 Å². The average molecular weight is 320 g/mol. The van der Waals surface area contributed by atoms with Gasteiger partial charge in [0.05, 0.1) is 12.0 Å². The molecule has 128 valence electrons. The molecule has 6 heteroatoms. The third-order valence-corrected chi connectivity index (χ3v) is 3.75. The zero-order valence-electron chi connectivity index (χ0n) is 14.6. The van der Waals surface area contributed by atoms with Gasteiger partial charge in [0.25, 0.3) is 0 Å². The van der Waals surface area contributed by atoms with E-state index in [1.165, 1.54) is 11.3 Å². The van der Waals surface area contributed by atoms with Gasteiger partial charge in [-0.1, -0.05) is 11.6 Å². The van der Waals surface area contributed by atoms with Crippen molar-refractivity contribution in [1.29, 1.82) is 0 Å². The summed E-state index contributed by atoms with van der Waals surface area (Å²) < 4.78 is 7.53. The Balaban J connectivity index is 1.75. The van der Waals surface area contributed by atoms with Gasteiger partial charge in [0.15, 0.2) is 0 Å². The first-order chi connectivity index (χ1) is 10.9. The van der Waals surface area contributed by atoms with E-state index in [9.17, 15) is 4.79 Å². The number of carbonyl (C=O) groups is 1. The molecule has 6 nitrogen and oxygen atoms in total. The molecule has 1 aliphatic rings. The van der Waals surface area contributed by atoms with Crippen molar-refractivity contribution in [2.24, 2.45) is 0 Å². The van der Waals surface area contributed by atoms with E-state index in [0.717, 1.165) is 32.6 Å². The Hall–Kier alpha value is -1.82. The summed E-state index contributed by atoms with van der Waals surface area (Å²) in [6.45, 7) is 11.7. The molecule has 2 heterocycles. The Labute approximate surface area is 138 Å². The summed E-state index contributed by atoms with van der Waals surface area (Å²) in [6.07, 6.45) is 6.54. The van der Waals surface area contributed by atoms with Crippen molar-refractivity contribution in [2.75, 3.05) is 19.6 Å². The number of nitrogens with zero attached hydrogens (tertiary/aromatic N) is 3. The predicted octanol–water partition coefficient (Wildman–Crippen LogP) is 2.56. The predicted molar refractivity (Wildman–Crippen MR) is 90.1 cm³/mol. The normalized spacial score (nSPS) is 15.5. The van der Waals surface area contributed by atoms with Crippen molar-refractivity contribution >= 4 is 6.09 Å². The van der Waals surface area contributed by atoms with Crippen LogP contribution in [0.15, 0.2) is 24.2 Å². The molecule has 1 amide bonds. The van der Waals surface area contributed by atoms with Crippen LogP contribution in [0.25, 0.3) is 0 Å². The van der Waals surface area contributed by atoms with Crippen molar-refractivity contribution in [2.45, 2.75) is 52.8 Å². The summed E-state index contributed by atoms with van der Waals surface area (Å²) in [4.78, 5) is 17.9. The Morgan fingerprint density at radius 3 is 2.78 bits per heavy atom. The van der Waals surface area contributed by atoms with Crippen LogP contribution in [0.4, 0.5) is 4.79 Å². The molecular weight excluding hydrogens is 292 g/mol. The van der Waals surface area contributed by atoms with Gasteiger partial charge in [-0.3, -0.25) is 0 Å². The second-order valence-electron chi connectivity index (χ2n) is 6.81. The van der Waals surface area contributed by atoms with Crippen LogP contribution in [0, 0.1) is 0 Å². The standard InChI is InChI=1S/C17H28N4O2/c1-5-20-13-19-12-15(20)11-18-10-14-6-8-21(9-7-14)16(22)23-17(2,3)4/h6,12-13,18H,5,7-11H2,1-4H3. The molecule has 0 saturated carbocycles. The molecule has 23 heavy (non-hydrogen) atoms. The van der Waals surface area contributed by atoms with E-state index in [4.69, 9.17) is 4.74 Å². The number of aryl methyl sites for hydroxylation is 1. The lowest BCUT2D eigenvalue weighted by Gasteiger charge is -2.29. The summed E-state index contributed by atoms with van der Waals surface area (Å²) in [5.41, 5.74) is 2.09. The fourth-order valence-corrected chi connectivity index (χ4v) is 2.50. The first-order valence-electron chi connectivity index (χ1n) is 8.24. The monoisotopic (exact) mass is 320 g/mol. The first kappa shape index (κ1) is 17.5. The summed E-state index contributed by atoms with van der Waals surface area (Å²) in [7, 11) is 0. The van der Waals surface area contributed by atoms with E-state index >= 15 is 0 Å². The molecule has 0 unspecified atom stereocenters. The van der Waals surface area contributed by atoms with Crippen molar-refractivity contribution in [3.05, 3.63) is 29.9 Å². The van der Waals surface area contributed by atoms with E-state index in [-0.39, 0.29) is 6.09 Å². The number of carbonyl (C=O) groups excluding carboxylic acids is 1. The van der Waals surface area contributed by atoms with Gasteiger partial charge < -0.3 is 19.5 Å². The lowest BCUT2D eigenvalue weighted by molar-refractivity contribution is 0.0265. The minimum absolute atomic E-state index is 0.229. The number of rotatable bonds is 5.